The number of nitrogens with zero attached hydrogens (tertiary/aromatic N) is 2. The van der Waals surface area contributed by atoms with E-state index >= 15 is 0 Å². The lowest BCUT2D eigenvalue weighted by Crippen LogP contribution is -2.25. The van der Waals surface area contributed by atoms with Crippen LogP contribution in [0.4, 0.5) is 0 Å². The van der Waals surface area contributed by atoms with Crippen LogP contribution in [0.2, 0.25) is 5.02 Å². The van der Waals surface area contributed by atoms with Crippen molar-refractivity contribution in [3.05, 3.63) is 39.3 Å². The van der Waals surface area contributed by atoms with Crippen LogP contribution >= 0.6 is 22.9 Å². The molecule has 0 aliphatic carbocycles. The van der Waals surface area contributed by atoms with Gasteiger partial charge in [-0.1, -0.05) is 24.6 Å². The Balaban J connectivity index is 2.23. The highest BCUT2D eigenvalue weighted by molar-refractivity contribution is 7.09. The fraction of sp³-hybridized carbons (Fsp3) is 0.417. The highest BCUT2D eigenvalue weighted by Gasteiger charge is 2.18. The fourth-order valence-electron chi connectivity index (χ4n) is 1.95. The summed E-state index contributed by atoms with van der Waals surface area (Å²) in [5, 5.41) is 10.5. The van der Waals surface area contributed by atoms with E-state index in [1.165, 1.54) is 4.88 Å². The smallest absolute Gasteiger partial charge is 0.0834 e. The minimum Gasteiger partial charge on any atom is -0.309 e. The van der Waals surface area contributed by atoms with Crippen molar-refractivity contribution in [1.29, 1.82) is 0 Å². The van der Waals surface area contributed by atoms with E-state index in [0.29, 0.717) is 0 Å². The molecule has 0 aromatic carbocycles. The van der Waals surface area contributed by atoms with Gasteiger partial charge < -0.3 is 5.32 Å². The van der Waals surface area contributed by atoms with Crippen LogP contribution in [0.1, 0.15) is 23.5 Å². The average Bonchev–Trinajstić information content (AvgIpc) is 2.89. The summed E-state index contributed by atoms with van der Waals surface area (Å²) < 4.78 is 1.85. The van der Waals surface area contributed by atoms with Gasteiger partial charge in [0.15, 0.2) is 0 Å². The summed E-state index contributed by atoms with van der Waals surface area (Å²) in [6.45, 7) is 3.02. The second-order valence-electron chi connectivity index (χ2n) is 3.90. The van der Waals surface area contributed by atoms with E-state index in [2.05, 4.69) is 34.9 Å². The van der Waals surface area contributed by atoms with Crippen molar-refractivity contribution in [2.75, 3.05) is 6.54 Å². The molecular weight excluding hydrogens is 254 g/mol. The van der Waals surface area contributed by atoms with Gasteiger partial charge in [-0.15, -0.1) is 11.3 Å². The summed E-state index contributed by atoms with van der Waals surface area (Å²) >= 11 is 7.97. The van der Waals surface area contributed by atoms with Gasteiger partial charge in [0.1, 0.15) is 0 Å². The van der Waals surface area contributed by atoms with Gasteiger partial charge in [0.25, 0.3) is 0 Å². The maximum absolute atomic E-state index is 6.20. The zero-order valence-corrected chi connectivity index (χ0v) is 11.6. The molecule has 5 heteroatoms. The van der Waals surface area contributed by atoms with E-state index in [-0.39, 0.29) is 6.04 Å². The molecule has 0 bridgehead atoms. The number of nitrogens with one attached hydrogen (secondary N) is 1. The fourth-order valence-corrected chi connectivity index (χ4v) is 3.00. The third-order valence-corrected chi connectivity index (χ3v) is 3.89. The zero-order chi connectivity index (χ0) is 12.3. The molecule has 0 radical (unpaired) electrons. The van der Waals surface area contributed by atoms with Crippen LogP contribution in [0.15, 0.2) is 23.7 Å². The van der Waals surface area contributed by atoms with E-state index in [0.717, 1.165) is 23.7 Å². The molecule has 3 nitrogen and oxygen atoms in total. The Bertz CT molecular complexity index is 445. The summed E-state index contributed by atoms with van der Waals surface area (Å²) in [4.78, 5) is 1.35. The molecule has 2 aromatic rings. The molecule has 0 aliphatic heterocycles. The van der Waals surface area contributed by atoms with E-state index < -0.39 is 0 Å². The Kier molecular flexibility index (Phi) is 4.20. The molecule has 1 unspecified atom stereocenters. The lowest BCUT2D eigenvalue weighted by Gasteiger charge is -2.18. The van der Waals surface area contributed by atoms with Crippen molar-refractivity contribution in [3.63, 3.8) is 0 Å². The number of hydrogen-bond donors (Lipinski definition) is 1. The van der Waals surface area contributed by atoms with E-state index in [4.69, 9.17) is 11.6 Å². The van der Waals surface area contributed by atoms with Crippen molar-refractivity contribution in [2.45, 2.75) is 19.4 Å². The van der Waals surface area contributed by atoms with Crippen molar-refractivity contribution >= 4 is 22.9 Å². The second-order valence-corrected chi connectivity index (χ2v) is 5.33. The number of thiophene rings is 1. The Morgan fingerprint density at radius 1 is 1.59 bits per heavy atom. The van der Waals surface area contributed by atoms with Gasteiger partial charge in [-0.05, 0) is 18.0 Å². The molecule has 0 aliphatic rings. The molecule has 2 rings (SSSR count). The van der Waals surface area contributed by atoms with Gasteiger partial charge in [-0.3, -0.25) is 4.68 Å². The molecule has 0 saturated carbocycles. The lowest BCUT2D eigenvalue weighted by atomic mass is 10.1. The predicted molar refractivity (Wildman–Crippen MR) is 72.7 cm³/mol. The molecule has 1 N–H and O–H groups in total. The Morgan fingerprint density at radius 2 is 2.41 bits per heavy atom. The second kappa shape index (κ2) is 5.67. The molecule has 2 aromatic heterocycles. The number of aryl methyl sites for hydroxylation is 1. The number of likely N-dealkylation sites (N-methyl/N-ethyl adjacent to an activating group) is 1. The quantitative estimate of drug-likeness (QED) is 0.904. The number of rotatable bonds is 5. The Labute approximate surface area is 110 Å². The summed E-state index contributed by atoms with van der Waals surface area (Å²) in [6, 6.07) is 4.45. The molecule has 0 fully saturated rings. The molecule has 92 valence electrons. The van der Waals surface area contributed by atoms with Gasteiger partial charge >= 0.3 is 0 Å². The first-order chi connectivity index (χ1) is 8.22. The van der Waals surface area contributed by atoms with Crippen LogP contribution in [0.25, 0.3) is 0 Å². The minimum atomic E-state index is 0.221. The first-order valence-corrected chi connectivity index (χ1v) is 6.91. The number of hydrogen-bond acceptors (Lipinski definition) is 3. The third kappa shape index (κ3) is 2.89. The highest BCUT2D eigenvalue weighted by Crippen LogP contribution is 2.26. The molecule has 1 atom stereocenters. The predicted octanol–water partition coefficient (Wildman–Crippen LogP) is 3.03. The standard InChI is InChI=1S/C12H16ClN3S/c1-3-14-11(7-9-5-4-6-17-9)12-10(13)8-15-16(12)2/h4-6,8,11,14H,3,7H2,1-2H3. The van der Waals surface area contributed by atoms with Crippen LogP contribution in [0.5, 0.6) is 0 Å². The maximum Gasteiger partial charge on any atom is 0.0834 e. The van der Waals surface area contributed by atoms with Crippen LogP contribution in [-0.4, -0.2) is 16.3 Å². The Morgan fingerprint density at radius 3 is 2.94 bits per heavy atom. The first-order valence-electron chi connectivity index (χ1n) is 5.65. The van der Waals surface area contributed by atoms with Crippen molar-refractivity contribution in [3.8, 4) is 0 Å². The number of aromatic nitrogens is 2. The van der Waals surface area contributed by atoms with E-state index in [1.54, 1.807) is 17.5 Å². The average molecular weight is 270 g/mol. The number of halogens is 1. The molecule has 0 amide bonds. The van der Waals surface area contributed by atoms with Crippen molar-refractivity contribution < 1.29 is 0 Å². The van der Waals surface area contributed by atoms with Crippen LogP contribution in [-0.2, 0) is 13.5 Å². The third-order valence-electron chi connectivity index (χ3n) is 2.70. The SMILES string of the molecule is CCNC(Cc1cccs1)c1c(Cl)cnn1C. The van der Waals surface area contributed by atoms with Crippen molar-refractivity contribution in [2.24, 2.45) is 7.05 Å². The normalized spacial score (nSPS) is 12.9. The summed E-state index contributed by atoms with van der Waals surface area (Å²) in [6.07, 6.45) is 2.65. The lowest BCUT2D eigenvalue weighted by molar-refractivity contribution is 0.511. The molecular formula is C12H16ClN3S. The van der Waals surface area contributed by atoms with E-state index in [1.807, 2.05) is 11.7 Å². The van der Waals surface area contributed by atoms with Crippen LogP contribution < -0.4 is 5.32 Å². The first kappa shape index (κ1) is 12.6. The van der Waals surface area contributed by atoms with Gasteiger partial charge in [0.05, 0.1) is 23.0 Å². The highest BCUT2D eigenvalue weighted by atomic mass is 35.5. The molecule has 0 spiro atoms. The van der Waals surface area contributed by atoms with Crippen LogP contribution in [0.3, 0.4) is 0 Å². The summed E-state index contributed by atoms with van der Waals surface area (Å²) in [5.41, 5.74) is 1.06. The van der Waals surface area contributed by atoms with Crippen LogP contribution in [0, 0.1) is 0 Å². The minimum absolute atomic E-state index is 0.221. The monoisotopic (exact) mass is 269 g/mol. The molecule has 0 saturated heterocycles. The summed E-state index contributed by atoms with van der Waals surface area (Å²) in [5.74, 6) is 0. The van der Waals surface area contributed by atoms with Gasteiger partial charge in [0, 0.05) is 18.3 Å². The maximum atomic E-state index is 6.20. The molecule has 2 heterocycles. The molecule has 17 heavy (non-hydrogen) atoms. The summed E-state index contributed by atoms with van der Waals surface area (Å²) in [7, 11) is 1.93. The topological polar surface area (TPSA) is 29.9 Å². The van der Waals surface area contributed by atoms with Gasteiger partial charge in [0.2, 0.25) is 0 Å². The zero-order valence-electron chi connectivity index (χ0n) is 9.98. The largest absolute Gasteiger partial charge is 0.309 e. The Hall–Kier alpha value is -0.840. The van der Waals surface area contributed by atoms with E-state index in [9.17, 15) is 0 Å². The van der Waals surface area contributed by atoms with Gasteiger partial charge in [-0.2, -0.15) is 5.10 Å². The van der Waals surface area contributed by atoms with Gasteiger partial charge in [-0.25, -0.2) is 0 Å². The van der Waals surface area contributed by atoms with Crippen molar-refractivity contribution in [1.82, 2.24) is 15.1 Å².